The number of aryl methyl sites for hydroxylation is 2. The highest BCUT2D eigenvalue weighted by Crippen LogP contribution is 2.19. The fourth-order valence-electron chi connectivity index (χ4n) is 1.63. The Labute approximate surface area is 90.1 Å². The van der Waals surface area contributed by atoms with E-state index in [1.807, 2.05) is 19.1 Å². The molecule has 2 nitrogen and oxygen atoms in total. The van der Waals surface area contributed by atoms with Crippen LogP contribution < -0.4 is 5.32 Å². The van der Waals surface area contributed by atoms with Gasteiger partial charge in [0.1, 0.15) is 5.82 Å². The molecule has 1 aromatic carbocycles. The Bertz CT molecular complexity index is 315. The van der Waals surface area contributed by atoms with E-state index in [1.54, 1.807) is 13.8 Å². The van der Waals surface area contributed by atoms with E-state index in [1.165, 1.54) is 0 Å². The molecule has 0 aromatic heterocycles. The summed E-state index contributed by atoms with van der Waals surface area (Å²) in [5.41, 5.74) is 2.39. The normalized spacial score (nSPS) is 12.9. The highest BCUT2D eigenvalue weighted by atomic mass is 19.1. The first kappa shape index (κ1) is 12.1. The Morgan fingerprint density at radius 2 is 1.87 bits per heavy atom. The summed E-state index contributed by atoms with van der Waals surface area (Å²) in [7, 11) is 0. The molecule has 15 heavy (non-hydrogen) atoms. The number of aliphatic hydroxyl groups excluding tert-OH is 1. The highest BCUT2D eigenvalue weighted by Gasteiger charge is 2.09. The van der Waals surface area contributed by atoms with Gasteiger partial charge in [-0.1, -0.05) is 12.1 Å². The molecule has 0 radical (unpaired) electrons. The maximum atomic E-state index is 13.4. The molecular formula is C12H18FNO. The highest BCUT2D eigenvalue weighted by molar-refractivity contribution is 5.32. The molecule has 0 saturated heterocycles. The van der Waals surface area contributed by atoms with Crippen LogP contribution in [0, 0.1) is 19.7 Å². The molecule has 0 heterocycles. The minimum absolute atomic E-state index is 0.115. The maximum absolute atomic E-state index is 13.4. The van der Waals surface area contributed by atoms with Crippen LogP contribution in [0.25, 0.3) is 0 Å². The fourth-order valence-corrected chi connectivity index (χ4v) is 1.63. The van der Waals surface area contributed by atoms with Crippen LogP contribution in [0.15, 0.2) is 12.1 Å². The Balaban J connectivity index is 2.86. The Kier molecular flexibility index (Phi) is 4.24. The van der Waals surface area contributed by atoms with Crippen molar-refractivity contribution in [3.63, 3.8) is 0 Å². The van der Waals surface area contributed by atoms with Crippen LogP contribution in [0.4, 0.5) is 4.39 Å². The number of halogens is 1. The lowest BCUT2D eigenvalue weighted by molar-refractivity contribution is 0.286. The molecule has 0 aliphatic heterocycles. The summed E-state index contributed by atoms with van der Waals surface area (Å²) in [4.78, 5) is 0. The average Bonchev–Trinajstić information content (AvgIpc) is 2.21. The summed E-state index contributed by atoms with van der Waals surface area (Å²) < 4.78 is 13.4. The third kappa shape index (κ3) is 3.01. The van der Waals surface area contributed by atoms with Gasteiger partial charge in [0.05, 0.1) is 6.61 Å². The van der Waals surface area contributed by atoms with E-state index in [4.69, 9.17) is 5.11 Å². The lowest BCUT2D eigenvalue weighted by atomic mass is 10.0. The number of hydrogen-bond donors (Lipinski definition) is 2. The quantitative estimate of drug-likeness (QED) is 0.799. The van der Waals surface area contributed by atoms with Crippen molar-refractivity contribution in [1.82, 2.24) is 5.32 Å². The zero-order chi connectivity index (χ0) is 11.4. The second-order valence-electron chi connectivity index (χ2n) is 3.87. The van der Waals surface area contributed by atoms with E-state index < -0.39 is 0 Å². The third-order valence-corrected chi connectivity index (χ3v) is 2.52. The van der Waals surface area contributed by atoms with E-state index in [0.717, 1.165) is 5.56 Å². The average molecular weight is 211 g/mol. The molecule has 0 saturated carbocycles. The van der Waals surface area contributed by atoms with Crippen LogP contribution in [0.2, 0.25) is 0 Å². The molecule has 0 amide bonds. The van der Waals surface area contributed by atoms with Crippen molar-refractivity contribution in [2.45, 2.75) is 26.8 Å². The van der Waals surface area contributed by atoms with Gasteiger partial charge in [-0.3, -0.25) is 0 Å². The number of aliphatic hydroxyl groups is 1. The topological polar surface area (TPSA) is 32.3 Å². The van der Waals surface area contributed by atoms with Crippen LogP contribution in [0.3, 0.4) is 0 Å². The predicted octanol–water partition coefficient (Wildman–Crippen LogP) is 2.09. The van der Waals surface area contributed by atoms with E-state index in [-0.39, 0.29) is 18.5 Å². The SMILES string of the molecule is Cc1cc(C(C)NCCO)cc(C)c1F. The first-order valence-electron chi connectivity index (χ1n) is 5.17. The summed E-state index contributed by atoms with van der Waals surface area (Å²) in [6.07, 6.45) is 0. The van der Waals surface area contributed by atoms with Crippen molar-refractivity contribution in [2.24, 2.45) is 0 Å². The van der Waals surface area contributed by atoms with Crippen molar-refractivity contribution in [3.05, 3.63) is 34.6 Å². The van der Waals surface area contributed by atoms with Gasteiger partial charge >= 0.3 is 0 Å². The lowest BCUT2D eigenvalue weighted by Crippen LogP contribution is -2.22. The van der Waals surface area contributed by atoms with Gasteiger partial charge in [0.15, 0.2) is 0 Å². The van der Waals surface area contributed by atoms with Gasteiger partial charge in [-0.15, -0.1) is 0 Å². The number of nitrogens with one attached hydrogen (secondary N) is 1. The second kappa shape index (κ2) is 5.24. The molecule has 1 unspecified atom stereocenters. The molecular weight excluding hydrogens is 193 g/mol. The molecule has 0 aliphatic carbocycles. The van der Waals surface area contributed by atoms with Gasteiger partial charge in [0, 0.05) is 12.6 Å². The fraction of sp³-hybridized carbons (Fsp3) is 0.500. The van der Waals surface area contributed by atoms with Gasteiger partial charge in [0.2, 0.25) is 0 Å². The van der Waals surface area contributed by atoms with Gasteiger partial charge in [-0.2, -0.15) is 0 Å². The largest absolute Gasteiger partial charge is 0.395 e. The van der Waals surface area contributed by atoms with Crippen molar-refractivity contribution < 1.29 is 9.50 Å². The molecule has 0 spiro atoms. The van der Waals surface area contributed by atoms with Crippen molar-refractivity contribution in [3.8, 4) is 0 Å². The van der Waals surface area contributed by atoms with Crippen LogP contribution in [-0.2, 0) is 0 Å². The Morgan fingerprint density at radius 3 is 2.33 bits per heavy atom. The molecule has 1 aromatic rings. The standard InChI is InChI=1S/C12H18FNO/c1-8-6-11(7-9(2)12(8)13)10(3)14-4-5-15/h6-7,10,14-15H,4-5H2,1-3H3. The van der Waals surface area contributed by atoms with Crippen molar-refractivity contribution in [2.75, 3.05) is 13.2 Å². The van der Waals surface area contributed by atoms with E-state index in [9.17, 15) is 4.39 Å². The molecule has 2 N–H and O–H groups in total. The predicted molar refractivity (Wildman–Crippen MR) is 59.4 cm³/mol. The minimum Gasteiger partial charge on any atom is -0.395 e. The zero-order valence-electron chi connectivity index (χ0n) is 9.47. The summed E-state index contributed by atoms with van der Waals surface area (Å²) in [6, 6.07) is 3.82. The smallest absolute Gasteiger partial charge is 0.129 e. The van der Waals surface area contributed by atoms with Gasteiger partial charge in [-0.25, -0.2) is 4.39 Å². The zero-order valence-corrected chi connectivity index (χ0v) is 9.47. The van der Waals surface area contributed by atoms with E-state index in [0.29, 0.717) is 17.7 Å². The summed E-state index contributed by atoms with van der Waals surface area (Å²) in [6.45, 7) is 6.21. The van der Waals surface area contributed by atoms with Crippen LogP contribution >= 0.6 is 0 Å². The molecule has 3 heteroatoms. The monoisotopic (exact) mass is 211 g/mol. The second-order valence-corrected chi connectivity index (χ2v) is 3.87. The summed E-state index contributed by atoms with van der Waals surface area (Å²) >= 11 is 0. The number of hydrogen-bond acceptors (Lipinski definition) is 2. The van der Waals surface area contributed by atoms with E-state index >= 15 is 0 Å². The molecule has 84 valence electrons. The Hall–Kier alpha value is -0.930. The molecule has 1 atom stereocenters. The summed E-state index contributed by atoms with van der Waals surface area (Å²) in [5.74, 6) is -0.131. The number of benzene rings is 1. The lowest BCUT2D eigenvalue weighted by Gasteiger charge is -2.15. The van der Waals surface area contributed by atoms with Crippen molar-refractivity contribution >= 4 is 0 Å². The van der Waals surface area contributed by atoms with Crippen LogP contribution in [0.5, 0.6) is 0 Å². The third-order valence-electron chi connectivity index (χ3n) is 2.52. The number of rotatable bonds is 4. The van der Waals surface area contributed by atoms with E-state index in [2.05, 4.69) is 5.32 Å². The minimum atomic E-state index is -0.131. The maximum Gasteiger partial charge on any atom is 0.129 e. The van der Waals surface area contributed by atoms with Gasteiger partial charge < -0.3 is 10.4 Å². The molecule has 1 rings (SSSR count). The summed E-state index contributed by atoms with van der Waals surface area (Å²) in [5, 5.41) is 11.8. The van der Waals surface area contributed by atoms with Crippen molar-refractivity contribution in [1.29, 1.82) is 0 Å². The molecule has 0 aliphatic rings. The first-order chi connectivity index (χ1) is 7.06. The molecule has 0 fully saturated rings. The Morgan fingerprint density at radius 1 is 1.33 bits per heavy atom. The molecule has 0 bridgehead atoms. The van der Waals surface area contributed by atoms with Crippen LogP contribution in [-0.4, -0.2) is 18.3 Å². The van der Waals surface area contributed by atoms with Gasteiger partial charge in [-0.05, 0) is 37.5 Å². The first-order valence-corrected chi connectivity index (χ1v) is 5.17. The van der Waals surface area contributed by atoms with Gasteiger partial charge in [0.25, 0.3) is 0 Å². The van der Waals surface area contributed by atoms with Crippen LogP contribution in [0.1, 0.15) is 29.7 Å².